The molecule has 0 bridgehead atoms. The van der Waals surface area contributed by atoms with Gasteiger partial charge in [0.15, 0.2) is 0 Å². The molecule has 1 aromatic carbocycles. The van der Waals surface area contributed by atoms with Crippen LogP contribution >= 0.6 is 0 Å². The molecule has 92 valence electrons. The summed E-state index contributed by atoms with van der Waals surface area (Å²) in [5, 5.41) is 0. The van der Waals surface area contributed by atoms with Gasteiger partial charge in [-0.25, -0.2) is 0 Å². The first-order chi connectivity index (χ1) is 8.10. The summed E-state index contributed by atoms with van der Waals surface area (Å²) in [6.45, 7) is 8.58. The van der Waals surface area contributed by atoms with Gasteiger partial charge >= 0.3 is 0 Å². The van der Waals surface area contributed by atoms with Gasteiger partial charge in [0.25, 0.3) is 0 Å². The summed E-state index contributed by atoms with van der Waals surface area (Å²) in [6.07, 6.45) is 3.05. The number of carbonyl (C=O) groups is 1. The summed E-state index contributed by atoms with van der Waals surface area (Å²) < 4.78 is 0. The Hall–Kier alpha value is -1.57. The van der Waals surface area contributed by atoms with Crippen LogP contribution in [0.15, 0.2) is 30.3 Å². The fourth-order valence-corrected chi connectivity index (χ4v) is 1.76. The Kier molecular flexibility index (Phi) is 4.95. The van der Waals surface area contributed by atoms with Crippen molar-refractivity contribution in [1.82, 2.24) is 0 Å². The summed E-state index contributed by atoms with van der Waals surface area (Å²) in [5.41, 5.74) is 3.43. The van der Waals surface area contributed by atoms with Crippen molar-refractivity contribution in [3.05, 3.63) is 35.9 Å². The zero-order valence-electron chi connectivity index (χ0n) is 11.2. The number of allylic oxidation sites excluding steroid dienone is 2. The number of anilines is 1. The quantitative estimate of drug-likeness (QED) is 0.770. The van der Waals surface area contributed by atoms with E-state index in [1.807, 2.05) is 24.0 Å². The zero-order valence-corrected chi connectivity index (χ0v) is 11.2. The molecule has 0 aromatic heterocycles. The minimum atomic E-state index is 0.0994. The van der Waals surface area contributed by atoms with Gasteiger partial charge in [-0.3, -0.25) is 4.79 Å². The molecular formula is C15H21NO. The van der Waals surface area contributed by atoms with Gasteiger partial charge in [-0.1, -0.05) is 25.1 Å². The van der Waals surface area contributed by atoms with Crippen molar-refractivity contribution < 1.29 is 4.79 Å². The summed E-state index contributed by atoms with van der Waals surface area (Å²) in [6, 6.07) is 8.16. The van der Waals surface area contributed by atoms with Gasteiger partial charge in [-0.15, -0.1) is 0 Å². The van der Waals surface area contributed by atoms with E-state index in [2.05, 4.69) is 32.1 Å². The molecule has 0 saturated heterocycles. The number of rotatable bonds is 4. The van der Waals surface area contributed by atoms with E-state index in [4.69, 9.17) is 0 Å². The molecule has 2 heteroatoms. The molecular weight excluding hydrogens is 210 g/mol. The maximum Gasteiger partial charge on any atom is 0.223 e. The Labute approximate surface area is 104 Å². The lowest BCUT2D eigenvalue weighted by atomic mass is 10.1. The van der Waals surface area contributed by atoms with E-state index in [0.29, 0.717) is 0 Å². The number of hydrogen-bond donors (Lipinski definition) is 0. The van der Waals surface area contributed by atoms with Crippen LogP contribution in [0.1, 0.15) is 39.7 Å². The lowest BCUT2D eigenvalue weighted by Crippen LogP contribution is -2.28. The first-order valence-electron chi connectivity index (χ1n) is 6.11. The molecule has 0 fully saturated rings. The Balaban J connectivity index is 2.96. The normalized spacial score (nSPS) is 11.4. The van der Waals surface area contributed by atoms with Crippen molar-refractivity contribution in [2.45, 2.75) is 34.1 Å². The van der Waals surface area contributed by atoms with E-state index in [-0.39, 0.29) is 5.91 Å². The predicted octanol–water partition coefficient (Wildman–Crippen LogP) is 3.87. The molecule has 0 radical (unpaired) electrons. The second kappa shape index (κ2) is 6.24. The van der Waals surface area contributed by atoms with Gasteiger partial charge in [-0.2, -0.15) is 0 Å². The number of nitrogens with zero attached hydrogens (tertiary/aromatic N) is 1. The van der Waals surface area contributed by atoms with Gasteiger partial charge in [0, 0.05) is 19.2 Å². The molecule has 0 aliphatic rings. The van der Waals surface area contributed by atoms with Crippen LogP contribution in [0.3, 0.4) is 0 Å². The van der Waals surface area contributed by atoms with Crippen LogP contribution in [0.4, 0.5) is 5.69 Å². The average molecular weight is 231 g/mol. The molecule has 1 amide bonds. The van der Waals surface area contributed by atoms with Crippen LogP contribution in [0.5, 0.6) is 0 Å². The molecule has 1 aromatic rings. The van der Waals surface area contributed by atoms with Gasteiger partial charge < -0.3 is 4.90 Å². The minimum absolute atomic E-state index is 0.0994. The van der Waals surface area contributed by atoms with Gasteiger partial charge in [0.05, 0.1) is 0 Å². The summed E-state index contributed by atoms with van der Waals surface area (Å²) >= 11 is 0. The molecule has 17 heavy (non-hydrogen) atoms. The van der Waals surface area contributed by atoms with E-state index in [9.17, 15) is 4.79 Å². The molecule has 0 N–H and O–H groups in total. The Morgan fingerprint density at radius 1 is 1.24 bits per heavy atom. The second-order valence-electron chi connectivity index (χ2n) is 4.19. The highest BCUT2D eigenvalue weighted by Crippen LogP contribution is 2.20. The second-order valence-corrected chi connectivity index (χ2v) is 4.19. The minimum Gasteiger partial charge on any atom is -0.313 e. The zero-order chi connectivity index (χ0) is 12.8. The molecule has 0 aliphatic carbocycles. The van der Waals surface area contributed by atoms with Crippen LogP contribution in [0, 0.1) is 0 Å². The smallest absolute Gasteiger partial charge is 0.223 e. The highest BCUT2D eigenvalue weighted by molar-refractivity contribution is 5.91. The van der Waals surface area contributed by atoms with Gasteiger partial charge in [0.2, 0.25) is 5.91 Å². The number of carbonyl (C=O) groups excluding carboxylic acids is 1. The fourth-order valence-electron chi connectivity index (χ4n) is 1.76. The summed E-state index contributed by atoms with van der Waals surface area (Å²) in [4.78, 5) is 13.3. The number of hydrogen-bond acceptors (Lipinski definition) is 1. The molecule has 0 aliphatic heterocycles. The largest absolute Gasteiger partial charge is 0.313 e. The van der Waals surface area contributed by atoms with Gasteiger partial charge in [0.1, 0.15) is 0 Å². The Morgan fingerprint density at radius 3 is 2.24 bits per heavy atom. The van der Waals surface area contributed by atoms with Crippen molar-refractivity contribution in [2.24, 2.45) is 0 Å². The van der Waals surface area contributed by atoms with Crippen molar-refractivity contribution in [1.29, 1.82) is 0 Å². The standard InChI is InChI=1S/C15H21NO/c1-5-11-16(13(4)17)15-9-7-14(8-10-15)12(3)6-2/h6-10H,5,11H2,1-4H3/b12-6+. The van der Waals surface area contributed by atoms with Crippen molar-refractivity contribution >= 4 is 17.2 Å². The monoisotopic (exact) mass is 231 g/mol. The number of amides is 1. The van der Waals surface area contributed by atoms with Crippen molar-refractivity contribution in [3.63, 3.8) is 0 Å². The highest BCUT2D eigenvalue weighted by Gasteiger charge is 2.09. The highest BCUT2D eigenvalue weighted by atomic mass is 16.2. The SMILES string of the molecule is C/C=C(\C)c1ccc(N(CCC)C(C)=O)cc1. The van der Waals surface area contributed by atoms with Gasteiger partial charge in [-0.05, 0) is 43.5 Å². The Bertz CT molecular complexity index is 403. The predicted molar refractivity (Wildman–Crippen MR) is 74.1 cm³/mol. The third-order valence-electron chi connectivity index (χ3n) is 2.89. The van der Waals surface area contributed by atoms with Crippen LogP contribution in [-0.4, -0.2) is 12.5 Å². The molecule has 0 unspecified atom stereocenters. The van der Waals surface area contributed by atoms with E-state index in [1.54, 1.807) is 6.92 Å². The van der Waals surface area contributed by atoms with Crippen LogP contribution in [-0.2, 0) is 4.79 Å². The van der Waals surface area contributed by atoms with Crippen LogP contribution in [0.2, 0.25) is 0 Å². The average Bonchev–Trinajstić information content (AvgIpc) is 2.35. The van der Waals surface area contributed by atoms with Crippen molar-refractivity contribution in [2.75, 3.05) is 11.4 Å². The lowest BCUT2D eigenvalue weighted by Gasteiger charge is -2.20. The first-order valence-corrected chi connectivity index (χ1v) is 6.11. The number of benzene rings is 1. The van der Waals surface area contributed by atoms with E-state index >= 15 is 0 Å². The lowest BCUT2D eigenvalue weighted by molar-refractivity contribution is -0.116. The third-order valence-corrected chi connectivity index (χ3v) is 2.89. The van der Waals surface area contributed by atoms with Crippen molar-refractivity contribution in [3.8, 4) is 0 Å². The molecule has 0 atom stereocenters. The van der Waals surface area contributed by atoms with E-state index < -0.39 is 0 Å². The summed E-state index contributed by atoms with van der Waals surface area (Å²) in [7, 11) is 0. The van der Waals surface area contributed by atoms with E-state index in [0.717, 1.165) is 18.7 Å². The maximum absolute atomic E-state index is 11.5. The summed E-state index contributed by atoms with van der Waals surface area (Å²) in [5.74, 6) is 0.0994. The molecule has 0 saturated carbocycles. The third kappa shape index (κ3) is 3.45. The molecule has 0 heterocycles. The molecule has 0 spiro atoms. The maximum atomic E-state index is 11.5. The fraction of sp³-hybridized carbons (Fsp3) is 0.400. The topological polar surface area (TPSA) is 20.3 Å². The van der Waals surface area contributed by atoms with E-state index in [1.165, 1.54) is 11.1 Å². The Morgan fingerprint density at radius 2 is 1.82 bits per heavy atom. The molecule has 2 nitrogen and oxygen atoms in total. The van der Waals surface area contributed by atoms with Crippen LogP contribution < -0.4 is 4.90 Å². The first kappa shape index (κ1) is 13.5. The van der Waals surface area contributed by atoms with Crippen LogP contribution in [0.25, 0.3) is 5.57 Å². The molecule has 1 rings (SSSR count).